The summed E-state index contributed by atoms with van der Waals surface area (Å²) in [5, 5.41) is 17.0. The van der Waals surface area contributed by atoms with Gasteiger partial charge in [-0.05, 0) is 0 Å². The van der Waals surface area contributed by atoms with Crippen LogP contribution in [0.25, 0.3) is 0 Å². The molecule has 1 atom stereocenters. The summed E-state index contributed by atoms with van der Waals surface area (Å²) in [6, 6.07) is 1.22. The minimum atomic E-state index is -1.06. The van der Waals surface area contributed by atoms with Crippen LogP contribution in [0, 0.1) is 11.3 Å². The molecular formula is C6H8N2O3. The number of carboxylic acid groups (broad SMARTS) is 1. The smallest absolute Gasteiger partial charge is 0.408 e. The van der Waals surface area contributed by atoms with E-state index in [0.717, 1.165) is 4.90 Å². The Labute approximate surface area is 63.8 Å². The summed E-state index contributed by atoms with van der Waals surface area (Å²) in [5.41, 5.74) is 0. The topological polar surface area (TPSA) is 73.6 Å². The van der Waals surface area contributed by atoms with Gasteiger partial charge in [0.15, 0.2) is 0 Å². The lowest BCUT2D eigenvalue weighted by molar-refractivity contribution is 0.0177. The molecule has 5 nitrogen and oxygen atoms in total. The van der Waals surface area contributed by atoms with Gasteiger partial charge in [0, 0.05) is 6.54 Å². The largest absolute Gasteiger partial charge is 0.465 e. The first kappa shape index (κ1) is 7.82. The first-order valence-electron chi connectivity index (χ1n) is 3.22. The average Bonchev–Trinajstić information content (AvgIpc) is 2.04. The molecule has 1 rings (SSSR count). The predicted octanol–water partition coefficient (Wildman–Crippen LogP) is -0.111. The van der Waals surface area contributed by atoms with E-state index in [-0.39, 0.29) is 13.2 Å². The predicted molar refractivity (Wildman–Crippen MR) is 35.0 cm³/mol. The number of morpholine rings is 1. The molecule has 0 spiro atoms. The Balaban J connectivity index is 2.60. The monoisotopic (exact) mass is 156 g/mol. The molecule has 1 saturated heterocycles. The zero-order valence-electron chi connectivity index (χ0n) is 5.86. The van der Waals surface area contributed by atoms with Crippen LogP contribution >= 0.6 is 0 Å². The third-order valence-corrected chi connectivity index (χ3v) is 1.52. The van der Waals surface area contributed by atoms with Crippen LogP contribution in [-0.2, 0) is 4.74 Å². The molecule has 1 unspecified atom stereocenters. The van der Waals surface area contributed by atoms with Gasteiger partial charge in [-0.1, -0.05) is 0 Å². The van der Waals surface area contributed by atoms with Crippen molar-refractivity contribution in [1.82, 2.24) is 4.90 Å². The van der Waals surface area contributed by atoms with Gasteiger partial charge in [0.2, 0.25) is 0 Å². The van der Waals surface area contributed by atoms with Crippen LogP contribution in [-0.4, -0.2) is 41.9 Å². The van der Waals surface area contributed by atoms with Gasteiger partial charge in [0.05, 0.1) is 19.3 Å². The molecule has 0 saturated carbocycles. The Hall–Kier alpha value is -1.28. The first-order chi connectivity index (χ1) is 5.25. The average molecular weight is 156 g/mol. The molecule has 0 radical (unpaired) electrons. The lowest BCUT2D eigenvalue weighted by atomic mass is 10.3. The molecule has 0 aliphatic carbocycles. The fourth-order valence-electron chi connectivity index (χ4n) is 0.940. The second-order valence-corrected chi connectivity index (χ2v) is 2.20. The van der Waals surface area contributed by atoms with Crippen molar-refractivity contribution in [1.29, 1.82) is 5.26 Å². The Morgan fingerprint density at radius 2 is 2.55 bits per heavy atom. The second-order valence-electron chi connectivity index (χ2n) is 2.20. The van der Waals surface area contributed by atoms with Crippen molar-refractivity contribution in [2.75, 3.05) is 19.8 Å². The van der Waals surface area contributed by atoms with Crippen LogP contribution < -0.4 is 0 Å². The van der Waals surface area contributed by atoms with Gasteiger partial charge in [-0.25, -0.2) is 4.79 Å². The fourth-order valence-corrected chi connectivity index (χ4v) is 0.940. The van der Waals surface area contributed by atoms with Gasteiger partial charge in [-0.2, -0.15) is 5.26 Å². The van der Waals surface area contributed by atoms with Crippen molar-refractivity contribution < 1.29 is 14.6 Å². The highest BCUT2D eigenvalue weighted by molar-refractivity contribution is 5.66. The van der Waals surface area contributed by atoms with Crippen molar-refractivity contribution in [3.63, 3.8) is 0 Å². The highest BCUT2D eigenvalue weighted by Crippen LogP contribution is 2.05. The van der Waals surface area contributed by atoms with Crippen LogP contribution in [0.1, 0.15) is 0 Å². The molecule has 5 heteroatoms. The maximum absolute atomic E-state index is 10.4. The van der Waals surface area contributed by atoms with Crippen molar-refractivity contribution in [3.05, 3.63) is 0 Å². The van der Waals surface area contributed by atoms with Crippen LogP contribution in [0.4, 0.5) is 4.79 Å². The highest BCUT2D eigenvalue weighted by atomic mass is 16.5. The normalized spacial score (nSPS) is 24.3. The maximum atomic E-state index is 10.4. The van der Waals surface area contributed by atoms with Crippen LogP contribution in [0.15, 0.2) is 0 Å². The minimum Gasteiger partial charge on any atom is -0.465 e. The zero-order chi connectivity index (χ0) is 8.27. The summed E-state index contributed by atoms with van der Waals surface area (Å²) >= 11 is 0. The number of hydrogen-bond acceptors (Lipinski definition) is 3. The molecule has 0 aromatic carbocycles. The molecule has 1 heterocycles. The van der Waals surface area contributed by atoms with E-state index in [1.165, 1.54) is 0 Å². The van der Waals surface area contributed by atoms with E-state index in [0.29, 0.717) is 6.61 Å². The fraction of sp³-hybridized carbons (Fsp3) is 0.667. The van der Waals surface area contributed by atoms with Crippen LogP contribution in [0.3, 0.4) is 0 Å². The van der Waals surface area contributed by atoms with Crippen molar-refractivity contribution in [2.24, 2.45) is 0 Å². The van der Waals surface area contributed by atoms with E-state index >= 15 is 0 Å². The number of nitrogens with zero attached hydrogens (tertiary/aromatic N) is 2. The zero-order valence-corrected chi connectivity index (χ0v) is 5.86. The summed E-state index contributed by atoms with van der Waals surface area (Å²) in [6.07, 6.45) is -1.06. The lowest BCUT2D eigenvalue weighted by Gasteiger charge is -2.28. The summed E-state index contributed by atoms with van der Waals surface area (Å²) in [4.78, 5) is 11.5. The Morgan fingerprint density at radius 3 is 3.00 bits per heavy atom. The van der Waals surface area contributed by atoms with E-state index in [1.807, 2.05) is 6.07 Å². The van der Waals surface area contributed by atoms with Gasteiger partial charge in [-0.15, -0.1) is 0 Å². The summed E-state index contributed by atoms with van der Waals surface area (Å²) in [6.45, 7) is 0.848. The number of carbonyl (C=O) groups is 1. The van der Waals surface area contributed by atoms with Gasteiger partial charge in [0.1, 0.15) is 6.04 Å². The molecule has 0 aromatic rings. The number of ether oxygens (including phenoxy) is 1. The van der Waals surface area contributed by atoms with Gasteiger partial charge < -0.3 is 9.84 Å². The van der Waals surface area contributed by atoms with E-state index < -0.39 is 12.1 Å². The SMILES string of the molecule is N#CC1COCCN1C(=O)O. The van der Waals surface area contributed by atoms with Crippen molar-refractivity contribution in [2.45, 2.75) is 6.04 Å². The molecule has 1 aliphatic rings. The van der Waals surface area contributed by atoms with Crippen molar-refractivity contribution >= 4 is 6.09 Å². The van der Waals surface area contributed by atoms with Crippen LogP contribution in [0.2, 0.25) is 0 Å². The maximum Gasteiger partial charge on any atom is 0.408 e. The lowest BCUT2D eigenvalue weighted by Crippen LogP contribution is -2.47. The van der Waals surface area contributed by atoms with Gasteiger partial charge >= 0.3 is 6.09 Å². The van der Waals surface area contributed by atoms with E-state index in [9.17, 15) is 4.79 Å². The minimum absolute atomic E-state index is 0.183. The number of rotatable bonds is 0. The molecule has 60 valence electrons. The second kappa shape index (κ2) is 3.21. The summed E-state index contributed by atoms with van der Waals surface area (Å²) in [7, 11) is 0. The van der Waals surface area contributed by atoms with Gasteiger partial charge in [0.25, 0.3) is 0 Å². The number of amides is 1. The summed E-state index contributed by atoms with van der Waals surface area (Å²) in [5.74, 6) is 0. The Morgan fingerprint density at radius 1 is 1.82 bits per heavy atom. The van der Waals surface area contributed by atoms with Crippen LogP contribution in [0.5, 0.6) is 0 Å². The quantitative estimate of drug-likeness (QED) is 0.531. The molecule has 1 aliphatic heterocycles. The third kappa shape index (κ3) is 1.59. The molecule has 1 amide bonds. The number of hydrogen-bond donors (Lipinski definition) is 1. The van der Waals surface area contributed by atoms with E-state index in [1.54, 1.807) is 0 Å². The molecule has 11 heavy (non-hydrogen) atoms. The standard InChI is InChI=1S/C6H8N2O3/c7-3-5-4-11-2-1-8(5)6(9)10/h5H,1-2,4H2,(H,9,10). The van der Waals surface area contributed by atoms with E-state index in [4.69, 9.17) is 15.1 Å². The molecule has 1 fully saturated rings. The third-order valence-electron chi connectivity index (χ3n) is 1.52. The molecular weight excluding hydrogens is 148 g/mol. The molecule has 0 bridgehead atoms. The molecule has 0 aromatic heterocycles. The summed E-state index contributed by atoms with van der Waals surface area (Å²) < 4.78 is 4.93. The van der Waals surface area contributed by atoms with Crippen molar-refractivity contribution in [3.8, 4) is 6.07 Å². The number of nitriles is 1. The van der Waals surface area contributed by atoms with Gasteiger partial charge in [-0.3, -0.25) is 4.90 Å². The first-order valence-corrected chi connectivity index (χ1v) is 3.22. The Bertz CT molecular complexity index is 198. The Kier molecular flexibility index (Phi) is 2.28. The van der Waals surface area contributed by atoms with E-state index in [2.05, 4.69) is 0 Å². The molecule has 1 N–H and O–H groups in total. The highest BCUT2D eigenvalue weighted by Gasteiger charge is 2.26.